The molecule has 3 aromatic carbocycles. The lowest BCUT2D eigenvalue weighted by molar-refractivity contribution is -0.384. The predicted molar refractivity (Wildman–Crippen MR) is 106 cm³/mol. The molecule has 1 N–H and O–H groups in total. The molecule has 6 heteroatoms. The van der Waals surface area contributed by atoms with Gasteiger partial charge in [-0.25, -0.2) is 4.79 Å². The van der Waals surface area contributed by atoms with E-state index in [1.165, 1.54) is 12.1 Å². The number of nitro groups is 1. The Hall–Kier alpha value is -3.67. The van der Waals surface area contributed by atoms with Crippen LogP contribution in [0.4, 0.5) is 10.5 Å². The zero-order chi connectivity index (χ0) is 19.8. The van der Waals surface area contributed by atoms with E-state index in [4.69, 9.17) is 4.74 Å². The maximum Gasteiger partial charge on any atom is 0.407 e. The van der Waals surface area contributed by atoms with Gasteiger partial charge in [0.25, 0.3) is 5.69 Å². The molecule has 0 aliphatic rings. The van der Waals surface area contributed by atoms with Crippen molar-refractivity contribution >= 4 is 11.8 Å². The summed E-state index contributed by atoms with van der Waals surface area (Å²) in [6, 6.07) is 25.3. The first-order valence-corrected chi connectivity index (χ1v) is 8.87. The molecule has 1 atom stereocenters. The summed E-state index contributed by atoms with van der Waals surface area (Å²) in [4.78, 5) is 22.6. The van der Waals surface area contributed by atoms with Crippen LogP contribution in [0.5, 0.6) is 0 Å². The van der Waals surface area contributed by atoms with Gasteiger partial charge in [-0.2, -0.15) is 0 Å². The number of ether oxygens (including phenoxy) is 1. The van der Waals surface area contributed by atoms with Crippen molar-refractivity contribution in [3.63, 3.8) is 0 Å². The Balaban J connectivity index is 1.63. The van der Waals surface area contributed by atoms with E-state index in [1.807, 2.05) is 60.7 Å². The fourth-order valence-electron chi connectivity index (χ4n) is 2.83. The van der Waals surface area contributed by atoms with Gasteiger partial charge in [0, 0.05) is 12.1 Å². The highest BCUT2D eigenvalue weighted by atomic mass is 16.6. The summed E-state index contributed by atoms with van der Waals surface area (Å²) >= 11 is 0. The Morgan fingerprint density at radius 2 is 1.50 bits per heavy atom. The van der Waals surface area contributed by atoms with E-state index in [2.05, 4.69) is 5.32 Å². The van der Waals surface area contributed by atoms with Crippen LogP contribution in [0.3, 0.4) is 0 Å². The van der Waals surface area contributed by atoms with Gasteiger partial charge in [-0.3, -0.25) is 10.1 Å². The van der Waals surface area contributed by atoms with E-state index in [0.29, 0.717) is 12.0 Å². The molecule has 0 aromatic heterocycles. The summed E-state index contributed by atoms with van der Waals surface area (Å²) in [5.74, 6) is 0. The first-order chi connectivity index (χ1) is 13.6. The molecule has 0 unspecified atom stereocenters. The summed E-state index contributed by atoms with van der Waals surface area (Å²) in [5.41, 5.74) is 2.77. The SMILES string of the molecule is O=C(N[C@H](Cc1ccccc1)c1ccccc1)OCc1ccc([N+](=O)[O-])cc1. The molecule has 0 bridgehead atoms. The number of rotatable bonds is 7. The quantitative estimate of drug-likeness (QED) is 0.474. The van der Waals surface area contributed by atoms with Gasteiger partial charge < -0.3 is 10.1 Å². The molecule has 142 valence electrons. The van der Waals surface area contributed by atoms with Crippen LogP contribution < -0.4 is 5.32 Å². The number of amides is 1. The lowest BCUT2D eigenvalue weighted by atomic mass is 9.99. The van der Waals surface area contributed by atoms with Crippen LogP contribution >= 0.6 is 0 Å². The Kier molecular flexibility index (Phi) is 6.36. The van der Waals surface area contributed by atoms with Crippen molar-refractivity contribution < 1.29 is 14.5 Å². The number of carbonyl (C=O) groups is 1. The van der Waals surface area contributed by atoms with Gasteiger partial charge in [0.1, 0.15) is 6.61 Å². The van der Waals surface area contributed by atoms with E-state index in [0.717, 1.165) is 11.1 Å². The van der Waals surface area contributed by atoms with Gasteiger partial charge in [0.2, 0.25) is 0 Å². The maximum atomic E-state index is 12.3. The second kappa shape index (κ2) is 9.32. The molecule has 28 heavy (non-hydrogen) atoms. The molecule has 0 fully saturated rings. The molecule has 0 aliphatic carbocycles. The van der Waals surface area contributed by atoms with Gasteiger partial charge in [0.05, 0.1) is 11.0 Å². The number of alkyl carbamates (subject to hydrolysis) is 1. The summed E-state index contributed by atoms with van der Waals surface area (Å²) < 4.78 is 5.30. The van der Waals surface area contributed by atoms with Crippen LogP contribution in [-0.2, 0) is 17.8 Å². The normalized spacial score (nSPS) is 11.4. The molecule has 0 saturated carbocycles. The number of nitrogens with one attached hydrogen (secondary N) is 1. The van der Waals surface area contributed by atoms with E-state index < -0.39 is 11.0 Å². The average Bonchev–Trinajstić information content (AvgIpc) is 2.73. The molecule has 0 spiro atoms. The molecule has 1 amide bonds. The minimum absolute atomic E-state index is 0.000189. The van der Waals surface area contributed by atoms with E-state index in [-0.39, 0.29) is 18.3 Å². The largest absolute Gasteiger partial charge is 0.445 e. The van der Waals surface area contributed by atoms with Crippen molar-refractivity contribution in [1.29, 1.82) is 0 Å². The first kappa shape index (κ1) is 19.1. The summed E-state index contributed by atoms with van der Waals surface area (Å²) in [6.45, 7) is 0.0384. The van der Waals surface area contributed by atoms with Crippen molar-refractivity contribution in [3.05, 3.63) is 112 Å². The summed E-state index contributed by atoms with van der Waals surface area (Å²) in [7, 11) is 0. The highest BCUT2D eigenvalue weighted by molar-refractivity contribution is 5.68. The molecule has 3 aromatic rings. The van der Waals surface area contributed by atoms with Crippen LogP contribution in [0.15, 0.2) is 84.9 Å². The minimum Gasteiger partial charge on any atom is -0.445 e. The molecule has 0 saturated heterocycles. The number of non-ortho nitro benzene ring substituents is 1. The van der Waals surface area contributed by atoms with Gasteiger partial charge in [-0.1, -0.05) is 60.7 Å². The lowest BCUT2D eigenvalue weighted by Crippen LogP contribution is -2.30. The monoisotopic (exact) mass is 376 g/mol. The molecule has 0 aliphatic heterocycles. The predicted octanol–water partition coefficient (Wildman–Crippen LogP) is 4.81. The Labute approximate surface area is 162 Å². The van der Waals surface area contributed by atoms with Gasteiger partial charge in [-0.15, -0.1) is 0 Å². The van der Waals surface area contributed by atoms with Crippen LogP contribution in [-0.4, -0.2) is 11.0 Å². The van der Waals surface area contributed by atoms with Crippen molar-refractivity contribution in [2.24, 2.45) is 0 Å². The third kappa shape index (κ3) is 5.41. The standard InChI is InChI=1S/C22H20N2O4/c25-22(28-16-18-11-13-20(14-12-18)24(26)27)23-21(19-9-5-2-6-10-19)15-17-7-3-1-4-8-17/h1-14,21H,15-16H2,(H,23,25)/t21-/m1/s1. The van der Waals surface area contributed by atoms with Crippen LogP contribution in [0.2, 0.25) is 0 Å². The number of hydrogen-bond donors (Lipinski definition) is 1. The highest BCUT2D eigenvalue weighted by Crippen LogP contribution is 2.19. The number of hydrogen-bond acceptors (Lipinski definition) is 4. The first-order valence-electron chi connectivity index (χ1n) is 8.87. The fourth-order valence-corrected chi connectivity index (χ4v) is 2.83. The fraction of sp³-hybridized carbons (Fsp3) is 0.136. The highest BCUT2D eigenvalue weighted by Gasteiger charge is 2.16. The number of carbonyl (C=O) groups excluding carboxylic acids is 1. The number of benzene rings is 3. The van der Waals surface area contributed by atoms with Crippen LogP contribution in [0.25, 0.3) is 0 Å². The molecule has 0 heterocycles. The van der Waals surface area contributed by atoms with Crippen LogP contribution in [0.1, 0.15) is 22.7 Å². The van der Waals surface area contributed by atoms with Crippen molar-refractivity contribution in [3.8, 4) is 0 Å². The van der Waals surface area contributed by atoms with E-state index in [9.17, 15) is 14.9 Å². The van der Waals surface area contributed by atoms with Crippen molar-refractivity contribution in [2.45, 2.75) is 19.1 Å². The summed E-state index contributed by atoms with van der Waals surface area (Å²) in [6.07, 6.45) is 0.0976. The second-order valence-corrected chi connectivity index (χ2v) is 6.30. The number of nitrogens with zero attached hydrogens (tertiary/aromatic N) is 1. The minimum atomic E-state index is -0.539. The van der Waals surface area contributed by atoms with E-state index >= 15 is 0 Å². The van der Waals surface area contributed by atoms with Gasteiger partial charge in [-0.05, 0) is 35.2 Å². The zero-order valence-corrected chi connectivity index (χ0v) is 15.2. The molecular formula is C22H20N2O4. The third-order valence-corrected chi connectivity index (χ3v) is 4.29. The van der Waals surface area contributed by atoms with Gasteiger partial charge >= 0.3 is 6.09 Å². The molecule has 0 radical (unpaired) electrons. The molecule has 6 nitrogen and oxygen atoms in total. The van der Waals surface area contributed by atoms with Crippen LogP contribution in [0, 0.1) is 10.1 Å². The Morgan fingerprint density at radius 1 is 0.893 bits per heavy atom. The smallest absolute Gasteiger partial charge is 0.407 e. The van der Waals surface area contributed by atoms with E-state index in [1.54, 1.807) is 12.1 Å². The average molecular weight is 376 g/mol. The molecular weight excluding hydrogens is 356 g/mol. The molecule has 3 rings (SSSR count). The maximum absolute atomic E-state index is 12.3. The van der Waals surface area contributed by atoms with Gasteiger partial charge in [0.15, 0.2) is 0 Å². The topological polar surface area (TPSA) is 81.5 Å². The lowest BCUT2D eigenvalue weighted by Gasteiger charge is -2.19. The second-order valence-electron chi connectivity index (χ2n) is 6.30. The summed E-state index contributed by atoms with van der Waals surface area (Å²) in [5, 5.41) is 13.6. The van der Waals surface area contributed by atoms with Crippen molar-refractivity contribution in [2.75, 3.05) is 0 Å². The Bertz CT molecular complexity index is 912. The third-order valence-electron chi connectivity index (χ3n) is 4.29. The zero-order valence-electron chi connectivity index (χ0n) is 15.2. The Morgan fingerprint density at radius 3 is 2.11 bits per heavy atom. The van der Waals surface area contributed by atoms with Crippen molar-refractivity contribution in [1.82, 2.24) is 5.32 Å². The number of nitro benzene ring substituents is 1.